The van der Waals surface area contributed by atoms with Crippen molar-refractivity contribution in [3.05, 3.63) is 57.3 Å². The standard InChI is InChI=1S/C14H10Cl3FN2O/c15-9-5-4-8(18)6-12(9)19-7-13(21)20-14-10(16)2-1-3-11(14)17/h1-6,19H,7H2,(H,20,21). The van der Waals surface area contributed by atoms with Gasteiger partial charge >= 0.3 is 0 Å². The molecule has 0 atom stereocenters. The lowest BCUT2D eigenvalue weighted by Gasteiger charge is -2.11. The van der Waals surface area contributed by atoms with Gasteiger partial charge in [-0.25, -0.2) is 4.39 Å². The summed E-state index contributed by atoms with van der Waals surface area (Å²) in [6.07, 6.45) is 0. The first-order valence-electron chi connectivity index (χ1n) is 5.90. The van der Waals surface area contributed by atoms with Crippen molar-refractivity contribution >= 4 is 52.1 Å². The third kappa shape index (κ3) is 4.24. The Labute approximate surface area is 136 Å². The number of hydrogen-bond donors (Lipinski definition) is 2. The van der Waals surface area contributed by atoms with E-state index in [1.54, 1.807) is 18.2 Å². The van der Waals surface area contributed by atoms with E-state index in [1.807, 2.05) is 0 Å². The number of rotatable bonds is 4. The molecule has 2 aromatic rings. The van der Waals surface area contributed by atoms with Crippen molar-refractivity contribution < 1.29 is 9.18 Å². The topological polar surface area (TPSA) is 41.1 Å². The van der Waals surface area contributed by atoms with E-state index in [-0.39, 0.29) is 12.5 Å². The summed E-state index contributed by atoms with van der Waals surface area (Å²) in [6.45, 7) is -0.106. The Morgan fingerprint density at radius 2 is 1.71 bits per heavy atom. The molecule has 2 N–H and O–H groups in total. The average molecular weight is 348 g/mol. The number of halogens is 4. The zero-order valence-corrected chi connectivity index (χ0v) is 12.9. The van der Waals surface area contributed by atoms with Crippen LogP contribution in [-0.4, -0.2) is 12.5 Å². The van der Waals surface area contributed by atoms with E-state index < -0.39 is 5.82 Å². The molecule has 0 aliphatic carbocycles. The van der Waals surface area contributed by atoms with E-state index in [2.05, 4.69) is 10.6 Å². The van der Waals surface area contributed by atoms with Crippen molar-refractivity contribution in [1.29, 1.82) is 0 Å². The zero-order valence-electron chi connectivity index (χ0n) is 10.6. The van der Waals surface area contributed by atoms with Crippen molar-refractivity contribution in [2.45, 2.75) is 0 Å². The molecule has 1 amide bonds. The number of carbonyl (C=O) groups is 1. The molecular formula is C14H10Cl3FN2O. The van der Waals surface area contributed by atoms with E-state index >= 15 is 0 Å². The minimum Gasteiger partial charge on any atom is -0.375 e. The first-order valence-corrected chi connectivity index (χ1v) is 7.03. The maximum Gasteiger partial charge on any atom is 0.243 e. The summed E-state index contributed by atoms with van der Waals surface area (Å²) in [6, 6.07) is 8.74. The molecule has 110 valence electrons. The molecule has 0 saturated heterocycles. The molecule has 21 heavy (non-hydrogen) atoms. The highest BCUT2D eigenvalue weighted by Crippen LogP contribution is 2.29. The SMILES string of the molecule is O=C(CNc1cc(F)ccc1Cl)Nc1c(Cl)cccc1Cl. The van der Waals surface area contributed by atoms with Gasteiger partial charge in [-0.2, -0.15) is 0 Å². The summed E-state index contributed by atoms with van der Waals surface area (Å²) in [5.74, 6) is -0.832. The number of para-hydroxylation sites is 1. The van der Waals surface area contributed by atoms with Crippen molar-refractivity contribution in [2.24, 2.45) is 0 Å². The summed E-state index contributed by atoms with van der Waals surface area (Å²) in [5.41, 5.74) is 0.662. The molecule has 2 rings (SSSR count). The van der Waals surface area contributed by atoms with Crippen LogP contribution in [-0.2, 0) is 4.79 Å². The van der Waals surface area contributed by atoms with Gasteiger partial charge in [0.1, 0.15) is 5.82 Å². The summed E-state index contributed by atoms with van der Waals surface area (Å²) >= 11 is 17.8. The second-order valence-corrected chi connectivity index (χ2v) is 5.34. The summed E-state index contributed by atoms with van der Waals surface area (Å²) < 4.78 is 13.1. The summed E-state index contributed by atoms with van der Waals surface area (Å²) in [7, 11) is 0. The molecule has 0 fully saturated rings. The third-order valence-corrected chi connectivity index (χ3v) is 3.55. The molecule has 0 saturated carbocycles. The molecular weight excluding hydrogens is 338 g/mol. The molecule has 0 unspecified atom stereocenters. The molecule has 7 heteroatoms. The Morgan fingerprint density at radius 1 is 1.05 bits per heavy atom. The fourth-order valence-electron chi connectivity index (χ4n) is 1.61. The lowest BCUT2D eigenvalue weighted by molar-refractivity contribution is -0.114. The predicted molar refractivity (Wildman–Crippen MR) is 85.0 cm³/mol. The number of amides is 1. The first-order chi connectivity index (χ1) is 9.97. The maximum atomic E-state index is 13.1. The Hall–Kier alpha value is -1.49. The average Bonchev–Trinajstić information content (AvgIpc) is 2.44. The lowest BCUT2D eigenvalue weighted by Crippen LogP contribution is -2.22. The summed E-state index contributed by atoms with van der Waals surface area (Å²) in [4.78, 5) is 11.9. The van der Waals surface area contributed by atoms with Gasteiger partial charge in [0, 0.05) is 0 Å². The van der Waals surface area contributed by atoms with Crippen LogP contribution in [0.2, 0.25) is 15.1 Å². The second kappa shape index (κ2) is 6.98. The van der Waals surface area contributed by atoms with E-state index in [9.17, 15) is 9.18 Å². The van der Waals surface area contributed by atoms with E-state index in [4.69, 9.17) is 34.8 Å². The molecule has 0 bridgehead atoms. The van der Waals surface area contributed by atoms with Gasteiger partial charge in [-0.3, -0.25) is 4.79 Å². The van der Waals surface area contributed by atoms with Crippen LogP contribution in [0.15, 0.2) is 36.4 Å². The minimum absolute atomic E-state index is 0.106. The van der Waals surface area contributed by atoms with Gasteiger partial charge in [0.15, 0.2) is 0 Å². The predicted octanol–water partition coefficient (Wildman–Crippen LogP) is 4.84. The van der Waals surface area contributed by atoms with E-state index in [0.717, 1.165) is 0 Å². The highest BCUT2D eigenvalue weighted by molar-refractivity contribution is 6.39. The zero-order chi connectivity index (χ0) is 15.4. The number of benzene rings is 2. The van der Waals surface area contributed by atoms with Crippen LogP contribution in [0.4, 0.5) is 15.8 Å². The number of hydrogen-bond acceptors (Lipinski definition) is 2. The van der Waals surface area contributed by atoms with Crippen LogP contribution < -0.4 is 10.6 Å². The van der Waals surface area contributed by atoms with Gasteiger partial charge < -0.3 is 10.6 Å². The van der Waals surface area contributed by atoms with Crippen LogP contribution in [0.1, 0.15) is 0 Å². The molecule has 0 radical (unpaired) electrons. The quantitative estimate of drug-likeness (QED) is 0.831. The molecule has 2 aromatic carbocycles. The van der Waals surface area contributed by atoms with Gasteiger partial charge in [0.2, 0.25) is 5.91 Å². The molecule has 0 spiro atoms. The van der Waals surface area contributed by atoms with Crippen LogP contribution >= 0.6 is 34.8 Å². The maximum absolute atomic E-state index is 13.1. The number of carbonyl (C=O) groups excluding carboxylic acids is 1. The van der Waals surface area contributed by atoms with Gasteiger partial charge in [-0.1, -0.05) is 40.9 Å². The largest absolute Gasteiger partial charge is 0.375 e. The van der Waals surface area contributed by atoms with E-state index in [1.165, 1.54) is 18.2 Å². The molecule has 3 nitrogen and oxygen atoms in total. The highest BCUT2D eigenvalue weighted by Gasteiger charge is 2.10. The minimum atomic E-state index is -0.448. The first kappa shape index (κ1) is 15.9. The van der Waals surface area contributed by atoms with Gasteiger partial charge in [-0.15, -0.1) is 0 Å². The monoisotopic (exact) mass is 346 g/mol. The summed E-state index contributed by atoms with van der Waals surface area (Å²) in [5, 5.41) is 6.31. The fraction of sp³-hybridized carbons (Fsp3) is 0.0714. The van der Waals surface area contributed by atoms with Crippen molar-refractivity contribution in [3.8, 4) is 0 Å². The van der Waals surface area contributed by atoms with Crippen LogP contribution in [0.3, 0.4) is 0 Å². The Morgan fingerprint density at radius 3 is 2.38 bits per heavy atom. The Kier molecular flexibility index (Phi) is 5.28. The highest BCUT2D eigenvalue weighted by atomic mass is 35.5. The molecule has 0 heterocycles. The van der Waals surface area contributed by atoms with Gasteiger partial charge in [0.05, 0.1) is 33.0 Å². The van der Waals surface area contributed by atoms with Crippen LogP contribution in [0, 0.1) is 5.82 Å². The van der Waals surface area contributed by atoms with Crippen molar-refractivity contribution in [3.63, 3.8) is 0 Å². The molecule has 0 aliphatic heterocycles. The molecule has 0 aliphatic rings. The van der Waals surface area contributed by atoms with Gasteiger partial charge in [0.25, 0.3) is 0 Å². The Bertz CT molecular complexity index is 659. The van der Waals surface area contributed by atoms with Crippen molar-refractivity contribution in [1.82, 2.24) is 0 Å². The fourth-order valence-corrected chi connectivity index (χ4v) is 2.29. The van der Waals surface area contributed by atoms with Gasteiger partial charge in [-0.05, 0) is 30.3 Å². The van der Waals surface area contributed by atoms with Crippen LogP contribution in [0.25, 0.3) is 0 Å². The Balaban J connectivity index is 2.01. The van der Waals surface area contributed by atoms with Crippen LogP contribution in [0.5, 0.6) is 0 Å². The lowest BCUT2D eigenvalue weighted by atomic mass is 10.3. The third-order valence-electron chi connectivity index (χ3n) is 2.59. The normalized spacial score (nSPS) is 10.3. The second-order valence-electron chi connectivity index (χ2n) is 4.12. The van der Waals surface area contributed by atoms with E-state index in [0.29, 0.717) is 26.4 Å². The van der Waals surface area contributed by atoms with Crippen molar-refractivity contribution in [2.75, 3.05) is 17.2 Å². The molecule has 0 aromatic heterocycles. The number of anilines is 2. The number of nitrogens with one attached hydrogen (secondary N) is 2. The smallest absolute Gasteiger partial charge is 0.243 e.